The maximum absolute atomic E-state index is 11.3. The number of aryl methyl sites for hydroxylation is 1. The van der Waals surface area contributed by atoms with Gasteiger partial charge in [-0.05, 0) is 48.1 Å². The lowest BCUT2D eigenvalue weighted by Gasteiger charge is -2.14. The Labute approximate surface area is 118 Å². The van der Waals surface area contributed by atoms with E-state index < -0.39 is 25.6 Å². The zero-order valence-corrected chi connectivity index (χ0v) is 12.1. The zero-order chi connectivity index (χ0) is 15.0. The molecule has 1 rings (SSSR count). The molecule has 3 unspecified atom stereocenters. The molecule has 0 saturated heterocycles. The van der Waals surface area contributed by atoms with E-state index in [4.69, 9.17) is 5.73 Å². The molecule has 110 valence electrons. The van der Waals surface area contributed by atoms with Crippen molar-refractivity contribution in [2.45, 2.75) is 31.3 Å². The summed E-state index contributed by atoms with van der Waals surface area (Å²) in [7, 11) is -2.53. The predicted molar refractivity (Wildman–Crippen MR) is 75.6 cm³/mol. The molecular weight excluding hydrogens is 279 g/mol. The van der Waals surface area contributed by atoms with Crippen LogP contribution in [-0.4, -0.2) is 33.2 Å². The topological polar surface area (TPSA) is 114 Å². The van der Waals surface area contributed by atoms with Gasteiger partial charge in [-0.3, -0.25) is 9.78 Å². The maximum Gasteiger partial charge on any atom is 0.509 e. The number of aliphatic carboxylic acids is 1. The first kappa shape index (κ1) is 16.7. The van der Waals surface area contributed by atoms with Crippen LogP contribution in [0.3, 0.4) is 0 Å². The van der Waals surface area contributed by atoms with E-state index in [0.717, 1.165) is 12.0 Å². The summed E-state index contributed by atoms with van der Waals surface area (Å²) in [6.07, 6.45) is 5.36. The number of hydrogen-bond donors (Lipinski definition) is 3. The zero-order valence-electron chi connectivity index (χ0n) is 11.2. The molecule has 20 heavy (non-hydrogen) atoms. The van der Waals surface area contributed by atoms with Crippen LogP contribution in [0.15, 0.2) is 24.5 Å². The van der Waals surface area contributed by atoms with Crippen LogP contribution in [0, 0.1) is 5.92 Å². The van der Waals surface area contributed by atoms with Crippen molar-refractivity contribution in [3.63, 3.8) is 0 Å². The van der Waals surface area contributed by atoms with Crippen molar-refractivity contribution in [3.05, 3.63) is 30.1 Å². The van der Waals surface area contributed by atoms with Crippen LogP contribution >= 0.6 is 8.03 Å². The van der Waals surface area contributed by atoms with E-state index in [-0.39, 0.29) is 13.0 Å². The summed E-state index contributed by atoms with van der Waals surface area (Å²) in [5.41, 5.74) is 5.69. The largest absolute Gasteiger partial charge is 0.509 e. The number of aromatic nitrogens is 1. The van der Waals surface area contributed by atoms with Crippen LogP contribution in [0.2, 0.25) is 0 Å². The third-order valence-corrected chi connectivity index (χ3v) is 4.44. The molecule has 4 N–H and O–H groups in total. The molecule has 0 fully saturated rings. The lowest BCUT2D eigenvalue weighted by molar-refractivity contribution is -0.142. The van der Waals surface area contributed by atoms with Crippen molar-refractivity contribution < 1.29 is 19.4 Å². The van der Waals surface area contributed by atoms with E-state index in [1.807, 2.05) is 12.1 Å². The van der Waals surface area contributed by atoms with Gasteiger partial charge in [0.1, 0.15) is 5.92 Å². The minimum Gasteiger partial charge on any atom is -0.481 e. The minimum absolute atomic E-state index is 0.209. The number of hydrogen-bond acceptors (Lipinski definition) is 4. The summed E-state index contributed by atoms with van der Waals surface area (Å²) < 4.78 is 11.3. The van der Waals surface area contributed by atoms with Gasteiger partial charge in [0.2, 0.25) is 5.66 Å². The second-order valence-electron chi connectivity index (χ2n) is 4.64. The quantitative estimate of drug-likeness (QED) is 0.596. The average Bonchev–Trinajstić information content (AvgIpc) is 2.42. The smallest absolute Gasteiger partial charge is 0.481 e. The highest BCUT2D eigenvalue weighted by Gasteiger charge is 2.40. The first-order valence-electron chi connectivity index (χ1n) is 6.53. The molecule has 1 heterocycles. The Morgan fingerprint density at radius 1 is 1.35 bits per heavy atom. The standard InChI is InChI=1S/C13H19N2O4P/c14-7-4-12(20(18)19)11(13(16)17)3-1-2-10-5-8-15-9-6-10/h5-6,8-9,11-12H,1-4,7,14H2,(H-,16,17,18,19)/p+1. The fourth-order valence-electron chi connectivity index (χ4n) is 2.19. The Bertz CT molecular complexity index is 441. The van der Waals surface area contributed by atoms with E-state index in [0.29, 0.717) is 12.8 Å². The average molecular weight is 299 g/mol. The highest BCUT2D eigenvalue weighted by Crippen LogP contribution is 2.34. The monoisotopic (exact) mass is 299 g/mol. The van der Waals surface area contributed by atoms with Gasteiger partial charge in [0.15, 0.2) is 0 Å². The van der Waals surface area contributed by atoms with Crippen molar-refractivity contribution in [2.24, 2.45) is 11.7 Å². The Morgan fingerprint density at radius 2 is 2.00 bits per heavy atom. The number of pyridine rings is 1. The van der Waals surface area contributed by atoms with Gasteiger partial charge in [-0.15, -0.1) is 0 Å². The van der Waals surface area contributed by atoms with Gasteiger partial charge in [0.05, 0.1) is 0 Å². The maximum atomic E-state index is 11.3. The minimum atomic E-state index is -2.53. The van der Waals surface area contributed by atoms with E-state index in [1.54, 1.807) is 12.4 Å². The van der Waals surface area contributed by atoms with Crippen molar-refractivity contribution in [1.29, 1.82) is 0 Å². The molecule has 0 radical (unpaired) electrons. The summed E-state index contributed by atoms with van der Waals surface area (Å²) in [6, 6.07) is 3.75. The van der Waals surface area contributed by atoms with Crippen LogP contribution in [0.4, 0.5) is 0 Å². The van der Waals surface area contributed by atoms with Crippen LogP contribution in [0.1, 0.15) is 24.8 Å². The molecule has 7 heteroatoms. The van der Waals surface area contributed by atoms with Gasteiger partial charge in [-0.1, -0.05) is 0 Å². The molecule has 1 aromatic heterocycles. The molecule has 6 nitrogen and oxygen atoms in total. The molecular formula is C13H20N2O4P+. The summed E-state index contributed by atoms with van der Waals surface area (Å²) >= 11 is 0. The number of carbonyl (C=O) groups is 1. The van der Waals surface area contributed by atoms with Crippen LogP contribution in [0.5, 0.6) is 0 Å². The molecule has 1 aromatic rings. The fraction of sp³-hybridized carbons (Fsp3) is 0.538. The number of nitrogens with two attached hydrogens (primary N) is 1. The number of nitrogens with zero attached hydrogens (tertiary/aromatic N) is 1. The molecule has 0 aliphatic carbocycles. The Hall–Kier alpha value is -1.36. The van der Waals surface area contributed by atoms with Gasteiger partial charge in [-0.25, -0.2) is 0 Å². The SMILES string of the molecule is NCCC(C(CCCc1ccncc1)C(=O)O)[P+](=O)O. The van der Waals surface area contributed by atoms with Gasteiger partial charge in [0.25, 0.3) is 0 Å². The summed E-state index contributed by atoms with van der Waals surface area (Å²) in [6.45, 7) is 0.209. The lowest BCUT2D eigenvalue weighted by atomic mass is 9.95. The third kappa shape index (κ3) is 5.33. The molecule has 0 saturated carbocycles. The Kier molecular flexibility index (Phi) is 7.30. The van der Waals surface area contributed by atoms with E-state index in [9.17, 15) is 19.4 Å². The number of carboxylic acids is 1. The highest BCUT2D eigenvalue weighted by atomic mass is 31.1. The summed E-state index contributed by atoms with van der Waals surface area (Å²) in [5, 5.41) is 9.23. The van der Waals surface area contributed by atoms with E-state index in [2.05, 4.69) is 4.98 Å². The van der Waals surface area contributed by atoms with Crippen molar-refractivity contribution in [1.82, 2.24) is 4.98 Å². The van der Waals surface area contributed by atoms with E-state index >= 15 is 0 Å². The Morgan fingerprint density at radius 3 is 2.50 bits per heavy atom. The van der Waals surface area contributed by atoms with Gasteiger partial charge in [0, 0.05) is 18.8 Å². The molecule has 0 bridgehead atoms. The molecule has 0 aliphatic heterocycles. The van der Waals surface area contributed by atoms with Gasteiger partial charge in [-0.2, -0.15) is 4.89 Å². The second kappa shape index (κ2) is 8.74. The summed E-state index contributed by atoms with van der Waals surface area (Å²) in [4.78, 5) is 24.4. The van der Waals surface area contributed by atoms with Crippen molar-refractivity contribution >= 4 is 14.0 Å². The molecule has 0 aromatic carbocycles. The van der Waals surface area contributed by atoms with Gasteiger partial charge >= 0.3 is 14.0 Å². The molecule has 0 aliphatic rings. The van der Waals surface area contributed by atoms with Crippen molar-refractivity contribution in [2.75, 3.05) is 6.54 Å². The molecule has 0 spiro atoms. The third-order valence-electron chi connectivity index (χ3n) is 3.26. The predicted octanol–water partition coefficient (Wildman–Crippen LogP) is 1.56. The van der Waals surface area contributed by atoms with Crippen LogP contribution in [-0.2, 0) is 15.8 Å². The second-order valence-corrected chi connectivity index (χ2v) is 5.91. The highest BCUT2D eigenvalue weighted by molar-refractivity contribution is 7.39. The van der Waals surface area contributed by atoms with Gasteiger partial charge < -0.3 is 10.8 Å². The fourth-order valence-corrected chi connectivity index (χ4v) is 3.15. The van der Waals surface area contributed by atoms with Crippen LogP contribution in [0.25, 0.3) is 0 Å². The summed E-state index contributed by atoms with van der Waals surface area (Å²) in [5.74, 6) is -1.86. The number of rotatable bonds is 9. The Balaban J connectivity index is 2.58. The molecule has 3 atom stereocenters. The van der Waals surface area contributed by atoms with Crippen molar-refractivity contribution in [3.8, 4) is 0 Å². The van der Waals surface area contributed by atoms with E-state index in [1.165, 1.54) is 0 Å². The molecule has 0 amide bonds. The number of carboxylic acid groups (broad SMARTS) is 1. The first-order valence-corrected chi connectivity index (χ1v) is 7.81. The normalized spacial score (nSPS) is 14.6. The first-order chi connectivity index (χ1) is 9.56. The lowest BCUT2D eigenvalue weighted by Crippen LogP contribution is -2.28. The van der Waals surface area contributed by atoms with Crippen LogP contribution < -0.4 is 5.73 Å².